The first-order valence-corrected chi connectivity index (χ1v) is 7.04. The molecule has 2 aromatic carbocycles. The fraction of sp³-hybridized carbons (Fsp3) is 0.133. The first-order valence-electron chi connectivity index (χ1n) is 6.24. The van der Waals surface area contributed by atoms with E-state index < -0.39 is 5.82 Å². The number of halogens is 2. The number of carbonyl (C=O) groups excluding carboxylic acids is 1. The third-order valence-electron chi connectivity index (χ3n) is 3.06. The summed E-state index contributed by atoms with van der Waals surface area (Å²) < 4.78 is 24.8. The van der Waals surface area contributed by atoms with E-state index in [4.69, 9.17) is 15.2 Å². The van der Waals surface area contributed by atoms with Crippen LogP contribution in [-0.4, -0.2) is 19.0 Å². The fourth-order valence-electron chi connectivity index (χ4n) is 2.14. The molecule has 2 aromatic rings. The molecule has 6 heteroatoms. The number of hydrogen-bond donors (Lipinski definition) is 1. The highest BCUT2D eigenvalue weighted by Crippen LogP contribution is 2.36. The van der Waals surface area contributed by atoms with Gasteiger partial charge in [0.25, 0.3) is 0 Å². The number of benzene rings is 2. The summed E-state index contributed by atoms with van der Waals surface area (Å²) in [6, 6.07) is 7.01. The van der Waals surface area contributed by atoms with Crippen molar-refractivity contribution in [3.8, 4) is 11.5 Å². The van der Waals surface area contributed by atoms with Gasteiger partial charge in [0.15, 0.2) is 17.3 Å². The second-order valence-corrected chi connectivity index (χ2v) is 5.43. The normalized spacial score (nSPS) is 13.0. The minimum absolute atomic E-state index is 0.185. The Balaban J connectivity index is 2.05. The third kappa shape index (κ3) is 2.71. The Morgan fingerprint density at radius 2 is 1.76 bits per heavy atom. The van der Waals surface area contributed by atoms with Crippen LogP contribution in [0.5, 0.6) is 11.5 Å². The molecule has 0 fully saturated rings. The minimum Gasteiger partial charge on any atom is -0.486 e. The van der Waals surface area contributed by atoms with Crippen LogP contribution in [-0.2, 0) is 0 Å². The summed E-state index contributed by atoms with van der Waals surface area (Å²) in [5.74, 6) is 0.178. The van der Waals surface area contributed by atoms with Gasteiger partial charge in [0.1, 0.15) is 19.0 Å². The van der Waals surface area contributed by atoms with E-state index in [0.717, 1.165) is 12.1 Å². The molecule has 0 amide bonds. The molecule has 4 nitrogen and oxygen atoms in total. The monoisotopic (exact) mass is 351 g/mol. The van der Waals surface area contributed by atoms with Crippen molar-refractivity contribution in [1.82, 2.24) is 0 Å². The predicted octanol–water partition coefficient (Wildman–Crippen LogP) is 3.17. The molecule has 21 heavy (non-hydrogen) atoms. The van der Waals surface area contributed by atoms with Gasteiger partial charge in [-0.3, -0.25) is 4.79 Å². The van der Waals surface area contributed by atoms with Crippen LogP contribution in [0, 0.1) is 5.82 Å². The van der Waals surface area contributed by atoms with E-state index in [1.807, 2.05) is 0 Å². The predicted molar refractivity (Wildman–Crippen MR) is 79.4 cm³/mol. The van der Waals surface area contributed by atoms with Gasteiger partial charge in [-0.2, -0.15) is 0 Å². The van der Waals surface area contributed by atoms with Crippen LogP contribution in [0.25, 0.3) is 0 Å². The van der Waals surface area contributed by atoms with Gasteiger partial charge >= 0.3 is 0 Å². The maximum Gasteiger partial charge on any atom is 0.194 e. The Labute approximate surface area is 128 Å². The first kappa shape index (κ1) is 13.9. The Morgan fingerprint density at radius 3 is 2.43 bits per heavy atom. The van der Waals surface area contributed by atoms with Crippen molar-refractivity contribution in [3.63, 3.8) is 0 Å². The van der Waals surface area contributed by atoms with E-state index in [2.05, 4.69) is 15.9 Å². The Morgan fingerprint density at radius 1 is 1.10 bits per heavy atom. The number of nitrogen functional groups attached to an aromatic ring is 1. The number of hydrogen-bond acceptors (Lipinski definition) is 4. The van der Waals surface area contributed by atoms with Crippen LogP contribution >= 0.6 is 15.9 Å². The molecule has 1 aliphatic rings. The van der Waals surface area contributed by atoms with E-state index in [9.17, 15) is 9.18 Å². The van der Waals surface area contributed by atoms with Gasteiger partial charge in [-0.1, -0.05) is 0 Å². The Bertz CT molecular complexity index is 713. The number of fused-ring (bicyclic) bond motifs is 1. The molecule has 1 aliphatic heterocycles. The summed E-state index contributed by atoms with van der Waals surface area (Å²) in [5, 5.41) is 0. The topological polar surface area (TPSA) is 61.6 Å². The zero-order chi connectivity index (χ0) is 15.0. The average molecular weight is 352 g/mol. The van der Waals surface area contributed by atoms with Crippen LogP contribution in [0.3, 0.4) is 0 Å². The largest absolute Gasteiger partial charge is 0.486 e. The van der Waals surface area contributed by atoms with Crippen molar-refractivity contribution in [1.29, 1.82) is 0 Å². The average Bonchev–Trinajstić information content (AvgIpc) is 2.44. The fourth-order valence-corrected chi connectivity index (χ4v) is 2.64. The maximum atomic E-state index is 13.4. The summed E-state index contributed by atoms with van der Waals surface area (Å²) in [6.07, 6.45) is 0. The smallest absolute Gasteiger partial charge is 0.194 e. The summed E-state index contributed by atoms with van der Waals surface area (Å²) in [7, 11) is 0. The van der Waals surface area contributed by atoms with E-state index in [-0.39, 0.29) is 17.0 Å². The molecule has 0 spiro atoms. The molecule has 1 heterocycles. The molecule has 0 atom stereocenters. The highest BCUT2D eigenvalue weighted by molar-refractivity contribution is 9.10. The lowest BCUT2D eigenvalue weighted by atomic mass is 10.0. The van der Waals surface area contributed by atoms with E-state index in [1.165, 1.54) is 6.07 Å². The summed E-state index contributed by atoms with van der Waals surface area (Å²) >= 11 is 3.33. The molecular weight excluding hydrogens is 341 g/mol. The lowest BCUT2D eigenvalue weighted by Gasteiger charge is -2.19. The molecule has 0 unspecified atom stereocenters. The van der Waals surface area contributed by atoms with Crippen molar-refractivity contribution in [2.45, 2.75) is 0 Å². The van der Waals surface area contributed by atoms with Crippen LogP contribution in [0.4, 0.5) is 10.1 Å². The standard InChI is InChI=1S/C15H11BrFNO3/c16-12-7-14-13(20-1-2-21-14)6-11(12)15(19)8-3-9(17)5-10(18)4-8/h3-7H,1-2,18H2. The SMILES string of the molecule is Nc1cc(F)cc(C(=O)c2cc3c(cc2Br)OCCO3)c1. The summed E-state index contributed by atoms with van der Waals surface area (Å²) in [5.41, 5.74) is 6.33. The van der Waals surface area contributed by atoms with Gasteiger partial charge in [-0.05, 0) is 46.3 Å². The van der Waals surface area contributed by atoms with Crippen LogP contribution < -0.4 is 15.2 Å². The van der Waals surface area contributed by atoms with E-state index in [0.29, 0.717) is 34.7 Å². The number of nitrogens with two attached hydrogens (primary N) is 1. The summed E-state index contributed by atoms with van der Waals surface area (Å²) in [6.45, 7) is 0.891. The summed E-state index contributed by atoms with van der Waals surface area (Å²) in [4.78, 5) is 12.5. The van der Waals surface area contributed by atoms with Crippen molar-refractivity contribution >= 4 is 27.4 Å². The number of carbonyl (C=O) groups is 1. The molecule has 0 saturated heterocycles. The van der Waals surface area contributed by atoms with Crippen molar-refractivity contribution in [2.24, 2.45) is 0 Å². The number of ketones is 1. The van der Waals surface area contributed by atoms with E-state index >= 15 is 0 Å². The van der Waals surface area contributed by atoms with Gasteiger partial charge in [0.2, 0.25) is 0 Å². The number of anilines is 1. The van der Waals surface area contributed by atoms with Gasteiger partial charge in [0, 0.05) is 21.3 Å². The molecule has 0 bridgehead atoms. The minimum atomic E-state index is -0.549. The zero-order valence-electron chi connectivity index (χ0n) is 10.9. The quantitative estimate of drug-likeness (QED) is 0.666. The lowest BCUT2D eigenvalue weighted by molar-refractivity contribution is 0.103. The number of rotatable bonds is 2. The molecule has 3 rings (SSSR count). The highest BCUT2D eigenvalue weighted by Gasteiger charge is 2.20. The highest BCUT2D eigenvalue weighted by atomic mass is 79.9. The molecule has 0 aromatic heterocycles. The van der Waals surface area contributed by atoms with E-state index in [1.54, 1.807) is 12.1 Å². The van der Waals surface area contributed by atoms with Gasteiger partial charge < -0.3 is 15.2 Å². The molecule has 0 radical (unpaired) electrons. The second-order valence-electron chi connectivity index (χ2n) is 4.58. The molecule has 0 saturated carbocycles. The number of ether oxygens (including phenoxy) is 2. The van der Waals surface area contributed by atoms with Crippen molar-refractivity contribution in [2.75, 3.05) is 18.9 Å². The van der Waals surface area contributed by atoms with Crippen molar-refractivity contribution < 1.29 is 18.7 Å². The maximum absolute atomic E-state index is 13.4. The van der Waals surface area contributed by atoms with Crippen LogP contribution in [0.1, 0.15) is 15.9 Å². The lowest BCUT2D eigenvalue weighted by Crippen LogP contribution is -2.16. The van der Waals surface area contributed by atoms with Crippen LogP contribution in [0.2, 0.25) is 0 Å². The zero-order valence-corrected chi connectivity index (χ0v) is 12.4. The molecule has 0 aliphatic carbocycles. The first-order chi connectivity index (χ1) is 10.0. The molecular formula is C15H11BrFNO3. The van der Waals surface area contributed by atoms with Gasteiger partial charge in [-0.25, -0.2) is 4.39 Å². The van der Waals surface area contributed by atoms with Crippen molar-refractivity contribution in [3.05, 3.63) is 51.7 Å². The van der Waals surface area contributed by atoms with Gasteiger partial charge in [0.05, 0.1) is 0 Å². The molecule has 2 N–H and O–H groups in total. The van der Waals surface area contributed by atoms with Crippen LogP contribution in [0.15, 0.2) is 34.8 Å². The third-order valence-corrected chi connectivity index (χ3v) is 3.71. The molecule has 108 valence electrons. The Kier molecular flexibility index (Phi) is 3.55. The van der Waals surface area contributed by atoms with Gasteiger partial charge in [-0.15, -0.1) is 0 Å². The Hall–Kier alpha value is -2.08. The second kappa shape index (κ2) is 5.37.